The number of alkyl halides is 2. The number of nitrogens with zero attached hydrogens (tertiary/aromatic N) is 1. The number of aliphatic imine (C=N–C) groups is 1. The summed E-state index contributed by atoms with van der Waals surface area (Å²) in [7, 11) is 0. The smallest absolute Gasteiger partial charge is 0.270 e. The van der Waals surface area contributed by atoms with Gasteiger partial charge in [-0.1, -0.05) is 76.6 Å². The highest BCUT2D eigenvalue weighted by atomic mass is 35.5. The fraction of sp³-hybridized carbons (Fsp3) is 0.407. The van der Waals surface area contributed by atoms with Gasteiger partial charge in [0, 0.05) is 29.2 Å². The average Bonchev–Trinajstić information content (AvgIpc) is 2.75. The van der Waals surface area contributed by atoms with Crippen molar-refractivity contribution in [2.75, 3.05) is 0 Å². The van der Waals surface area contributed by atoms with Crippen molar-refractivity contribution in [1.82, 2.24) is 0 Å². The molecule has 0 aromatic heterocycles. The number of aryl methyl sites for hydroxylation is 1. The number of hydrogen-bond donors (Lipinski definition) is 0. The van der Waals surface area contributed by atoms with Gasteiger partial charge in [-0.25, -0.2) is 8.78 Å². The maximum absolute atomic E-state index is 13.7. The molecular weight excluding hydrogens is 428 g/mol. The van der Waals surface area contributed by atoms with Crippen molar-refractivity contribution < 1.29 is 13.6 Å². The second kappa shape index (κ2) is 12.1. The molecule has 2 rings (SSSR count). The Morgan fingerprint density at radius 1 is 1.12 bits per heavy atom. The van der Waals surface area contributed by atoms with E-state index < -0.39 is 5.92 Å². The summed E-state index contributed by atoms with van der Waals surface area (Å²) in [6.45, 7) is 14.3. The summed E-state index contributed by atoms with van der Waals surface area (Å²) in [5, 5.41) is 0.248. The first kappa shape index (κ1) is 27.7. The Bertz CT molecular complexity index is 1000. The standard InChI is InChI=1S/C25H28ClF2NO.C2H6/c1-7-17-13-18(9-11-20(17)16(5)30)23(8-2)29-24(15(3)4)21-12-10-19(14-22(21)26)25(6,27)28;1-2/h8-15H,7H2,1-6H3;1-2H3/b23-8-,29-24?;. The predicted molar refractivity (Wildman–Crippen MR) is 133 cm³/mol. The largest absolute Gasteiger partial charge is 0.295 e. The van der Waals surface area contributed by atoms with E-state index in [9.17, 15) is 13.6 Å². The molecule has 0 spiro atoms. The molecular formula is C27H34ClF2NO. The summed E-state index contributed by atoms with van der Waals surface area (Å²) >= 11 is 6.38. The fourth-order valence-corrected chi connectivity index (χ4v) is 3.59. The van der Waals surface area contributed by atoms with Crippen LogP contribution in [0.3, 0.4) is 0 Å². The lowest BCUT2D eigenvalue weighted by Gasteiger charge is -2.17. The first-order chi connectivity index (χ1) is 15.0. The highest BCUT2D eigenvalue weighted by molar-refractivity contribution is 6.34. The van der Waals surface area contributed by atoms with Gasteiger partial charge in [-0.3, -0.25) is 9.79 Å². The summed E-state index contributed by atoms with van der Waals surface area (Å²) in [5.74, 6) is -2.90. The quantitative estimate of drug-likeness (QED) is 0.299. The van der Waals surface area contributed by atoms with Crippen LogP contribution >= 0.6 is 11.6 Å². The van der Waals surface area contributed by atoms with Gasteiger partial charge in [-0.15, -0.1) is 0 Å². The molecule has 0 saturated carbocycles. The van der Waals surface area contributed by atoms with Crippen molar-refractivity contribution in [3.63, 3.8) is 0 Å². The Labute approximate surface area is 196 Å². The molecule has 0 radical (unpaired) electrons. The summed E-state index contributed by atoms with van der Waals surface area (Å²) in [4.78, 5) is 16.7. The zero-order chi connectivity index (χ0) is 24.6. The number of Topliss-reactive ketones (excluding diaryl/α,β-unsaturated/α-hetero) is 1. The fourth-order valence-electron chi connectivity index (χ4n) is 3.31. The van der Waals surface area contributed by atoms with Crippen LogP contribution < -0.4 is 0 Å². The van der Waals surface area contributed by atoms with Crippen molar-refractivity contribution >= 4 is 28.8 Å². The molecule has 0 fully saturated rings. The van der Waals surface area contributed by atoms with Crippen molar-refractivity contribution in [1.29, 1.82) is 0 Å². The second-order valence-electron chi connectivity index (χ2n) is 7.69. The van der Waals surface area contributed by atoms with E-state index >= 15 is 0 Å². The Kier molecular flexibility index (Phi) is 10.4. The van der Waals surface area contributed by atoms with E-state index in [2.05, 4.69) is 0 Å². The zero-order valence-corrected chi connectivity index (χ0v) is 21.1. The Morgan fingerprint density at radius 2 is 1.72 bits per heavy atom. The molecule has 0 N–H and O–H groups in total. The van der Waals surface area contributed by atoms with Crippen LogP contribution in [0, 0.1) is 5.92 Å². The third kappa shape index (κ3) is 6.83. The van der Waals surface area contributed by atoms with Crippen molar-refractivity contribution in [2.24, 2.45) is 10.9 Å². The van der Waals surface area contributed by atoms with Crippen LogP contribution in [-0.2, 0) is 12.3 Å². The van der Waals surface area contributed by atoms with Crippen molar-refractivity contribution in [3.05, 3.63) is 75.3 Å². The first-order valence-corrected chi connectivity index (χ1v) is 11.4. The summed E-state index contributed by atoms with van der Waals surface area (Å²) < 4.78 is 27.3. The Hall–Kier alpha value is -2.33. The van der Waals surface area contributed by atoms with E-state index in [1.54, 1.807) is 13.0 Å². The molecule has 0 aliphatic heterocycles. The normalized spacial score (nSPS) is 12.5. The number of rotatable bonds is 7. The lowest BCUT2D eigenvalue weighted by molar-refractivity contribution is 0.0175. The minimum absolute atomic E-state index is 0.0209. The number of carbonyl (C=O) groups excluding carboxylic acids is 1. The van der Waals surface area contributed by atoms with Crippen molar-refractivity contribution in [2.45, 2.75) is 67.7 Å². The van der Waals surface area contributed by atoms with Gasteiger partial charge in [-0.2, -0.15) is 0 Å². The van der Waals surface area contributed by atoms with Crippen LogP contribution in [-0.4, -0.2) is 11.5 Å². The number of benzene rings is 2. The van der Waals surface area contributed by atoms with E-state index in [1.807, 2.05) is 65.8 Å². The topological polar surface area (TPSA) is 29.4 Å². The number of ketones is 1. The van der Waals surface area contributed by atoms with E-state index in [-0.39, 0.29) is 22.3 Å². The summed E-state index contributed by atoms with van der Waals surface area (Å²) in [5.41, 5.74) is 4.53. The van der Waals surface area contributed by atoms with Gasteiger partial charge in [-0.05, 0) is 43.9 Å². The van der Waals surface area contributed by atoms with Crippen LogP contribution in [0.1, 0.15) is 88.0 Å². The van der Waals surface area contributed by atoms with Crippen LogP contribution in [0.5, 0.6) is 0 Å². The molecule has 0 bridgehead atoms. The number of halogens is 3. The molecule has 2 aromatic rings. The monoisotopic (exact) mass is 461 g/mol. The van der Waals surface area contributed by atoms with E-state index in [4.69, 9.17) is 16.6 Å². The van der Waals surface area contributed by atoms with Gasteiger partial charge in [0.25, 0.3) is 5.92 Å². The Balaban J connectivity index is 0.00000249. The maximum atomic E-state index is 13.7. The van der Waals surface area contributed by atoms with Gasteiger partial charge in [0.2, 0.25) is 0 Å². The molecule has 0 saturated heterocycles. The lowest BCUT2D eigenvalue weighted by Crippen LogP contribution is -2.13. The molecule has 0 unspecified atom stereocenters. The molecule has 0 aliphatic carbocycles. The minimum atomic E-state index is -2.96. The van der Waals surface area contributed by atoms with Crippen LogP contribution in [0.25, 0.3) is 5.70 Å². The number of carbonyl (C=O) groups is 1. The molecule has 174 valence electrons. The van der Waals surface area contributed by atoms with Crippen LogP contribution in [0.4, 0.5) is 8.78 Å². The minimum Gasteiger partial charge on any atom is -0.295 e. The average molecular weight is 462 g/mol. The van der Waals surface area contributed by atoms with Crippen molar-refractivity contribution in [3.8, 4) is 0 Å². The third-order valence-electron chi connectivity index (χ3n) is 4.97. The maximum Gasteiger partial charge on any atom is 0.270 e. The molecule has 5 heteroatoms. The highest BCUT2D eigenvalue weighted by Gasteiger charge is 2.26. The Morgan fingerprint density at radius 3 is 2.16 bits per heavy atom. The summed E-state index contributed by atoms with van der Waals surface area (Å²) in [6, 6.07) is 10.0. The molecule has 0 heterocycles. The second-order valence-corrected chi connectivity index (χ2v) is 8.10. The highest BCUT2D eigenvalue weighted by Crippen LogP contribution is 2.32. The zero-order valence-electron chi connectivity index (χ0n) is 20.3. The number of allylic oxidation sites excluding steroid dienone is 1. The van der Waals surface area contributed by atoms with Gasteiger partial charge < -0.3 is 0 Å². The lowest BCUT2D eigenvalue weighted by atomic mass is 9.96. The number of hydrogen-bond acceptors (Lipinski definition) is 2. The van der Waals surface area contributed by atoms with Gasteiger partial charge in [0.05, 0.1) is 16.4 Å². The van der Waals surface area contributed by atoms with Gasteiger partial charge in [0.15, 0.2) is 5.78 Å². The molecule has 0 aliphatic rings. The molecule has 32 heavy (non-hydrogen) atoms. The third-order valence-corrected chi connectivity index (χ3v) is 5.29. The first-order valence-electron chi connectivity index (χ1n) is 11.1. The van der Waals surface area contributed by atoms with Crippen LogP contribution in [0.15, 0.2) is 47.5 Å². The molecule has 2 nitrogen and oxygen atoms in total. The van der Waals surface area contributed by atoms with E-state index in [0.717, 1.165) is 30.2 Å². The van der Waals surface area contributed by atoms with Crippen LogP contribution in [0.2, 0.25) is 5.02 Å². The molecule has 0 amide bonds. The predicted octanol–water partition coefficient (Wildman–Crippen LogP) is 8.75. The molecule has 2 aromatic carbocycles. The van der Waals surface area contributed by atoms with E-state index in [1.165, 1.54) is 12.1 Å². The molecule has 0 atom stereocenters. The van der Waals surface area contributed by atoms with Gasteiger partial charge in [0.1, 0.15) is 0 Å². The van der Waals surface area contributed by atoms with E-state index in [0.29, 0.717) is 16.8 Å². The SMILES string of the molecule is C/C=C(\N=C(c1ccc(C(C)(F)F)cc1Cl)C(C)C)c1ccc(C(C)=O)c(CC)c1.CC. The summed E-state index contributed by atoms with van der Waals surface area (Å²) in [6.07, 6.45) is 2.63. The van der Waals surface area contributed by atoms with Gasteiger partial charge >= 0.3 is 0 Å².